The Kier molecular flexibility index (Phi) is 5.47. The molecule has 0 bridgehead atoms. The van der Waals surface area contributed by atoms with E-state index in [0.717, 1.165) is 16.8 Å². The first-order valence-electron chi connectivity index (χ1n) is 9.37. The Morgan fingerprint density at radius 2 is 1.93 bits per heavy atom. The normalized spacial score (nSPS) is 10.6. The van der Waals surface area contributed by atoms with Gasteiger partial charge in [-0.25, -0.2) is 15.0 Å². The highest BCUT2D eigenvalue weighted by Crippen LogP contribution is 2.29. The molecule has 0 aliphatic carbocycles. The SMILES string of the molecule is COc1ccc(C)nc1-c1ccnc(NC(=O)c2n[nH]c(Cc3ccccc3)n2)c1. The summed E-state index contributed by atoms with van der Waals surface area (Å²) in [5, 5.41) is 9.56. The van der Waals surface area contributed by atoms with Gasteiger partial charge in [-0.2, -0.15) is 0 Å². The number of carbonyl (C=O) groups excluding carboxylic acids is 1. The van der Waals surface area contributed by atoms with Crippen LogP contribution in [0.3, 0.4) is 0 Å². The van der Waals surface area contributed by atoms with E-state index in [9.17, 15) is 4.79 Å². The molecule has 0 aliphatic heterocycles. The molecule has 2 N–H and O–H groups in total. The first-order valence-corrected chi connectivity index (χ1v) is 9.37. The van der Waals surface area contributed by atoms with Gasteiger partial charge < -0.3 is 10.1 Å². The van der Waals surface area contributed by atoms with Crippen molar-refractivity contribution >= 4 is 11.7 Å². The van der Waals surface area contributed by atoms with Gasteiger partial charge in [0.05, 0.1) is 7.11 Å². The maximum Gasteiger partial charge on any atom is 0.296 e. The summed E-state index contributed by atoms with van der Waals surface area (Å²) >= 11 is 0. The average Bonchev–Trinajstić information content (AvgIpc) is 3.23. The van der Waals surface area contributed by atoms with Crippen LogP contribution in [-0.2, 0) is 6.42 Å². The fourth-order valence-electron chi connectivity index (χ4n) is 3.00. The molecule has 30 heavy (non-hydrogen) atoms. The van der Waals surface area contributed by atoms with Crippen LogP contribution in [-0.4, -0.2) is 38.2 Å². The molecule has 4 aromatic rings. The van der Waals surface area contributed by atoms with Gasteiger partial charge >= 0.3 is 0 Å². The third kappa shape index (κ3) is 4.33. The number of benzene rings is 1. The number of aromatic amines is 1. The van der Waals surface area contributed by atoms with Gasteiger partial charge in [0.1, 0.15) is 23.1 Å². The fraction of sp³-hybridized carbons (Fsp3) is 0.136. The Morgan fingerprint density at radius 3 is 2.73 bits per heavy atom. The topological polar surface area (TPSA) is 106 Å². The fourth-order valence-corrected chi connectivity index (χ4v) is 3.00. The lowest BCUT2D eigenvalue weighted by Gasteiger charge is -2.09. The van der Waals surface area contributed by atoms with Crippen LogP contribution in [0.4, 0.5) is 5.82 Å². The number of H-pyrrole nitrogens is 1. The van der Waals surface area contributed by atoms with Crippen LogP contribution >= 0.6 is 0 Å². The Morgan fingerprint density at radius 1 is 1.10 bits per heavy atom. The zero-order valence-corrected chi connectivity index (χ0v) is 16.6. The summed E-state index contributed by atoms with van der Waals surface area (Å²) in [6.07, 6.45) is 2.17. The third-order valence-corrected chi connectivity index (χ3v) is 4.44. The molecule has 3 heterocycles. The number of pyridine rings is 2. The lowest BCUT2D eigenvalue weighted by Crippen LogP contribution is -2.14. The molecule has 0 radical (unpaired) electrons. The molecule has 8 heteroatoms. The molecule has 0 saturated carbocycles. The number of anilines is 1. The van der Waals surface area contributed by atoms with Gasteiger partial charge in [-0.1, -0.05) is 30.3 Å². The van der Waals surface area contributed by atoms with Crippen LogP contribution < -0.4 is 10.1 Å². The first-order chi connectivity index (χ1) is 14.6. The molecule has 1 aromatic carbocycles. The first kappa shape index (κ1) is 19.3. The number of rotatable bonds is 6. The van der Waals surface area contributed by atoms with Crippen LogP contribution in [0.5, 0.6) is 5.75 Å². The smallest absolute Gasteiger partial charge is 0.296 e. The number of nitrogens with one attached hydrogen (secondary N) is 2. The van der Waals surface area contributed by atoms with E-state index in [-0.39, 0.29) is 5.82 Å². The lowest BCUT2D eigenvalue weighted by atomic mass is 10.1. The predicted octanol–water partition coefficient (Wildman–Crippen LogP) is 3.42. The molecule has 0 aliphatic rings. The van der Waals surface area contributed by atoms with Gasteiger partial charge in [0, 0.05) is 23.9 Å². The number of hydrogen-bond donors (Lipinski definition) is 2. The van der Waals surface area contributed by atoms with Gasteiger partial charge in [0.2, 0.25) is 5.82 Å². The monoisotopic (exact) mass is 400 g/mol. The van der Waals surface area contributed by atoms with Gasteiger partial charge in [-0.05, 0) is 36.8 Å². The number of methoxy groups -OCH3 is 1. The second-order valence-corrected chi connectivity index (χ2v) is 6.66. The summed E-state index contributed by atoms with van der Waals surface area (Å²) in [5.41, 5.74) is 3.40. The van der Waals surface area contributed by atoms with Gasteiger partial charge in [0.15, 0.2) is 0 Å². The molecule has 8 nitrogen and oxygen atoms in total. The van der Waals surface area contributed by atoms with Crippen molar-refractivity contribution in [1.82, 2.24) is 25.1 Å². The van der Waals surface area contributed by atoms with Crippen LogP contribution in [0.15, 0.2) is 60.8 Å². The molecule has 3 aromatic heterocycles. The van der Waals surface area contributed by atoms with Gasteiger partial charge in [-0.3, -0.25) is 9.89 Å². The molecular formula is C22H20N6O2. The quantitative estimate of drug-likeness (QED) is 0.514. The summed E-state index contributed by atoms with van der Waals surface area (Å²) in [6.45, 7) is 1.91. The van der Waals surface area contributed by atoms with Crippen molar-refractivity contribution < 1.29 is 9.53 Å². The van der Waals surface area contributed by atoms with Crippen molar-refractivity contribution in [3.05, 3.63) is 83.7 Å². The molecule has 0 spiro atoms. The zero-order valence-electron chi connectivity index (χ0n) is 16.6. The van der Waals surface area contributed by atoms with Crippen molar-refractivity contribution in [3.63, 3.8) is 0 Å². The maximum atomic E-state index is 12.6. The average molecular weight is 400 g/mol. The molecule has 1 amide bonds. The molecule has 0 unspecified atom stereocenters. The minimum atomic E-state index is -0.445. The van der Waals surface area contributed by atoms with Gasteiger partial charge in [-0.15, -0.1) is 5.10 Å². The second-order valence-electron chi connectivity index (χ2n) is 6.66. The Hall–Kier alpha value is -4.07. The number of hydrogen-bond acceptors (Lipinski definition) is 6. The Bertz CT molecular complexity index is 1170. The van der Waals surface area contributed by atoms with Gasteiger partial charge in [0.25, 0.3) is 5.91 Å². The highest BCUT2D eigenvalue weighted by molar-refractivity contribution is 6.01. The summed E-state index contributed by atoms with van der Waals surface area (Å²) in [7, 11) is 1.59. The van der Waals surface area contributed by atoms with Crippen molar-refractivity contribution in [2.24, 2.45) is 0 Å². The van der Waals surface area contributed by atoms with Crippen molar-refractivity contribution in [2.45, 2.75) is 13.3 Å². The lowest BCUT2D eigenvalue weighted by molar-refractivity contribution is 0.101. The molecule has 4 rings (SSSR count). The van der Waals surface area contributed by atoms with Crippen LogP contribution in [0.1, 0.15) is 27.7 Å². The van der Waals surface area contributed by atoms with Crippen LogP contribution in [0.25, 0.3) is 11.3 Å². The maximum absolute atomic E-state index is 12.6. The Labute approximate surface area is 173 Å². The minimum absolute atomic E-state index is 0.0550. The van der Waals surface area contributed by atoms with E-state index >= 15 is 0 Å². The van der Waals surface area contributed by atoms with E-state index in [1.54, 1.807) is 19.4 Å². The van der Waals surface area contributed by atoms with Crippen LogP contribution in [0.2, 0.25) is 0 Å². The number of amides is 1. The third-order valence-electron chi connectivity index (χ3n) is 4.44. The van der Waals surface area contributed by atoms with Crippen molar-refractivity contribution in [1.29, 1.82) is 0 Å². The number of aromatic nitrogens is 5. The number of carbonyl (C=O) groups is 1. The molecule has 0 atom stereocenters. The van der Waals surface area contributed by atoms with Crippen molar-refractivity contribution in [2.75, 3.05) is 12.4 Å². The molecule has 0 fully saturated rings. The zero-order chi connectivity index (χ0) is 20.9. The number of nitrogens with zero attached hydrogens (tertiary/aromatic N) is 4. The predicted molar refractivity (Wildman–Crippen MR) is 112 cm³/mol. The summed E-state index contributed by atoms with van der Waals surface area (Å²) < 4.78 is 5.40. The summed E-state index contributed by atoms with van der Waals surface area (Å²) in [5.74, 6) is 1.24. The molecule has 0 saturated heterocycles. The van der Waals surface area contributed by atoms with Crippen molar-refractivity contribution in [3.8, 4) is 17.0 Å². The van der Waals surface area contributed by atoms with Crippen LogP contribution in [0, 0.1) is 6.92 Å². The molecule has 150 valence electrons. The molecular weight excluding hydrogens is 380 g/mol. The largest absolute Gasteiger partial charge is 0.494 e. The number of aryl methyl sites for hydroxylation is 1. The highest BCUT2D eigenvalue weighted by atomic mass is 16.5. The minimum Gasteiger partial charge on any atom is -0.494 e. The van der Waals surface area contributed by atoms with E-state index in [1.807, 2.05) is 55.5 Å². The highest BCUT2D eigenvalue weighted by Gasteiger charge is 2.15. The van der Waals surface area contributed by atoms with E-state index in [1.165, 1.54) is 0 Å². The second kappa shape index (κ2) is 8.52. The number of ether oxygens (including phenoxy) is 1. The van der Waals surface area contributed by atoms with E-state index in [2.05, 4.69) is 30.5 Å². The van der Waals surface area contributed by atoms with E-state index in [4.69, 9.17) is 4.74 Å². The van der Waals surface area contributed by atoms with E-state index < -0.39 is 5.91 Å². The summed E-state index contributed by atoms with van der Waals surface area (Å²) in [6, 6.07) is 17.1. The standard InChI is InChI=1S/C22H20N6O2/c1-14-8-9-17(30-2)20(24-14)16-10-11-23-18(13-16)26-22(29)21-25-19(27-28-21)12-15-6-4-3-5-7-15/h3-11,13H,12H2,1-2H3,(H,23,26,29)(H,25,27,28). The summed E-state index contributed by atoms with van der Waals surface area (Å²) in [4.78, 5) is 25.6. The Balaban J connectivity index is 1.51. The van der Waals surface area contributed by atoms with E-state index in [0.29, 0.717) is 29.5 Å².